The molecule has 0 saturated heterocycles. The van der Waals surface area contributed by atoms with Crippen LogP contribution in [0.15, 0.2) is 29.6 Å². The quantitative estimate of drug-likeness (QED) is 0.901. The third kappa shape index (κ3) is 2.40. The third-order valence-electron chi connectivity index (χ3n) is 3.80. The summed E-state index contributed by atoms with van der Waals surface area (Å²) < 4.78 is 5.60. The molecule has 1 atom stereocenters. The molecule has 3 rings (SSSR count). The van der Waals surface area contributed by atoms with Crippen molar-refractivity contribution in [3.8, 4) is 16.2 Å². The molecule has 0 radical (unpaired) electrons. The molecule has 1 aliphatic heterocycles. The molecule has 1 aromatic heterocycles. The Morgan fingerprint density at radius 3 is 3.00 bits per heavy atom. The Morgan fingerprint density at radius 1 is 1.37 bits per heavy atom. The first-order valence-electron chi connectivity index (χ1n) is 6.75. The van der Waals surface area contributed by atoms with Crippen LogP contribution in [0.2, 0.25) is 0 Å². The van der Waals surface area contributed by atoms with Gasteiger partial charge in [-0.1, -0.05) is 13.0 Å². The summed E-state index contributed by atoms with van der Waals surface area (Å²) in [6.07, 6.45) is 1.08. The van der Waals surface area contributed by atoms with Crippen molar-refractivity contribution in [1.29, 1.82) is 0 Å². The van der Waals surface area contributed by atoms with Crippen molar-refractivity contribution >= 4 is 11.3 Å². The van der Waals surface area contributed by atoms with Crippen molar-refractivity contribution in [3.63, 3.8) is 0 Å². The van der Waals surface area contributed by atoms with E-state index in [9.17, 15) is 0 Å². The molecule has 0 fully saturated rings. The number of nitrogens with one attached hydrogen (secondary N) is 1. The molecule has 0 amide bonds. The maximum Gasteiger partial charge on any atom is 0.127 e. The summed E-state index contributed by atoms with van der Waals surface area (Å²) in [5.74, 6) is 1.55. The Bertz CT molecular complexity index is 562. The molecule has 1 aromatic carbocycles. The second-order valence-electron chi connectivity index (χ2n) is 5.08. The Morgan fingerprint density at radius 2 is 2.26 bits per heavy atom. The number of thiophene rings is 1. The molecule has 0 aliphatic carbocycles. The lowest BCUT2D eigenvalue weighted by atomic mass is 9.92. The molecule has 0 bridgehead atoms. The average Bonchev–Trinajstić information content (AvgIpc) is 2.90. The SMILES string of the molecule is COc1cc2c(cc1-c1cccs1)[C@H](C)CNCC2. The zero-order valence-electron chi connectivity index (χ0n) is 11.4. The van der Waals surface area contributed by atoms with E-state index in [-0.39, 0.29) is 0 Å². The first kappa shape index (κ1) is 12.7. The van der Waals surface area contributed by atoms with Crippen molar-refractivity contribution in [2.45, 2.75) is 19.3 Å². The zero-order valence-corrected chi connectivity index (χ0v) is 12.2. The van der Waals surface area contributed by atoms with Crippen LogP contribution in [0, 0.1) is 0 Å². The number of ether oxygens (including phenoxy) is 1. The maximum absolute atomic E-state index is 5.60. The fraction of sp³-hybridized carbons (Fsp3) is 0.375. The van der Waals surface area contributed by atoms with E-state index in [0.29, 0.717) is 5.92 Å². The van der Waals surface area contributed by atoms with Crippen LogP contribution in [-0.4, -0.2) is 20.2 Å². The molecular formula is C16H19NOS. The summed E-state index contributed by atoms with van der Waals surface area (Å²) in [5, 5.41) is 5.61. The Balaban J connectivity index is 2.14. The zero-order chi connectivity index (χ0) is 13.2. The predicted molar refractivity (Wildman–Crippen MR) is 81.3 cm³/mol. The fourth-order valence-electron chi connectivity index (χ4n) is 2.76. The van der Waals surface area contributed by atoms with Gasteiger partial charge >= 0.3 is 0 Å². The standard InChI is InChI=1S/C16H19NOS/c1-11-10-17-6-5-12-8-15(18-2)14(9-13(11)12)16-4-3-7-19-16/h3-4,7-9,11,17H,5-6,10H2,1-2H3/t11-/m1/s1. The number of benzene rings is 1. The van der Waals surface area contributed by atoms with E-state index in [1.165, 1.54) is 21.6 Å². The molecule has 0 saturated carbocycles. The normalized spacial score (nSPS) is 18.7. The van der Waals surface area contributed by atoms with E-state index >= 15 is 0 Å². The highest BCUT2D eigenvalue weighted by molar-refractivity contribution is 7.13. The lowest BCUT2D eigenvalue weighted by Crippen LogP contribution is -2.18. The maximum atomic E-state index is 5.60. The van der Waals surface area contributed by atoms with E-state index < -0.39 is 0 Å². The van der Waals surface area contributed by atoms with Crippen LogP contribution in [-0.2, 0) is 6.42 Å². The Labute approximate surface area is 118 Å². The number of hydrogen-bond acceptors (Lipinski definition) is 3. The Kier molecular flexibility index (Phi) is 3.58. The van der Waals surface area contributed by atoms with Crippen LogP contribution >= 0.6 is 11.3 Å². The van der Waals surface area contributed by atoms with Gasteiger partial charge in [0, 0.05) is 17.0 Å². The second kappa shape index (κ2) is 5.35. The predicted octanol–water partition coefficient (Wildman–Crippen LogP) is 3.67. The monoisotopic (exact) mass is 273 g/mol. The van der Waals surface area contributed by atoms with Gasteiger partial charge in [-0.2, -0.15) is 0 Å². The van der Waals surface area contributed by atoms with Crippen LogP contribution in [0.4, 0.5) is 0 Å². The van der Waals surface area contributed by atoms with Gasteiger partial charge in [-0.15, -0.1) is 11.3 Å². The van der Waals surface area contributed by atoms with Crippen LogP contribution in [0.25, 0.3) is 10.4 Å². The van der Waals surface area contributed by atoms with Crippen LogP contribution in [0.1, 0.15) is 24.0 Å². The van der Waals surface area contributed by atoms with Gasteiger partial charge < -0.3 is 10.1 Å². The first-order chi connectivity index (χ1) is 9.29. The highest BCUT2D eigenvalue weighted by Gasteiger charge is 2.18. The van der Waals surface area contributed by atoms with Crippen LogP contribution in [0.5, 0.6) is 5.75 Å². The van der Waals surface area contributed by atoms with Gasteiger partial charge in [-0.3, -0.25) is 0 Å². The van der Waals surface area contributed by atoms with Gasteiger partial charge in [0.05, 0.1) is 7.11 Å². The van der Waals surface area contributed by atoms with Gasteiger partial charge in [0.1, 0.15) is 5.75 Å². The highest BCUT2D eigenvalue weighted by Crippen LogP contribution is 2.38. The van der Waals surface area contributed by atoms with Crippen LogP contribution < -0.4 is 10.1 Å². The summed E-state index contributed by atoms with van der Waals surface area (Å²) in [6.45, 7) is 4.41. The third-order valence-corrected chi connectivity index (χ3v) is 4.70. The molecule has 2 nitrogen and oxygen atoms in total. The second-order valence-corrected chi connectivity index (χ2v) is 6.03. The summed E-state index contributed by atoms with van der Waals surface area (Å²) in [5.41, 5.74) is 4.12. The summed E-state index contributed by atoms with van der Waals surface area (Å²) in [7, 11) is 1.76. The van der Waals surface area contributed by atoms with Gasteiger partial charge in [-0.05, 0) is 53.6 Å². The van der Waals surface area contributed by atoms with Gasteiger partial charge in [0.15, 0.2) is 0 Å². The molecule has 0 unspecified atom stereocenters. The average molecular weight is 273 g/mol. The van der Waals surface area contributed by atoms with E-state index in [1.54, 1.807) is 18.4 Å². The van der Waals surface area contributed by atoms with E-state index in [2.05, 4.69) is 41.9 Å². The molecule has 0 spiro atoms. The van der Waals surface area contributed by atoms with E-state index in [1.807, 2.05) is 0 Å². The molecule has 19 heavy (non-hydrogen) atoms. The minimum absolute atomic E-state index is 0.558. The van der Waals surface area contributed by atoms with Gasteiger partial charge in [0.25, 0.3) is 0 Å². The molecule has 3 heteroatoms. The number of rotatable bonds is 2. The highest BCUT2D eigenvalue weighted by atomic mass is 32.1. The number of fused-ring (bicyclic) bond motifs is 1. The van der Waals surface area contributed by atoms with E-state index in [4.69, 9.17) is 4.74 Å². The first-order valence-corrected chi connectivity index (χ1v) is 7.63. The minimum atomic E-state index is 0.558. The molecule has 100 valence electrons. The number of hydrogen-bond donors (Lipinski definition) is 1. The summed E-state index contributed by atoms with van der Waals surface area (Å²) in [4.78, 5) is 1.28. The molecule has 2 aromatic rings. The largest absolute Gasteiger partial charge is 0.496 e. The molecule has 2 heterocycles. The van der Waals surface area contributed by atoms with Crippen molar-refractivity contribution in [2.75, 3.05) is 20.2 Å². The van der Waals surface area contributed by atoms with E-state index in [0.717, 1.165) is 25.3 Å². The van der Waals surface area contributed by atoms with Gasteiger partial charge in [0.2, 0.25) is 0 Å². The fourth-order valence-corrected chi connectivity index (χ4v) is 3.51. The smallest absolute Gasteiger partial charge is 0.127 e. The molecular weight excluding hydrogens is 254 g/mol. The Hall–Kier alpha value is -1.32. The number of methoxy groups -OCH3 is 1. The summed E-state index contributed by atoms with van der Waals surface area (Å²) in [6, 6.07) is 8.82. The summed E-state index contributed by atoms with van der Waals surface area (Å²) >= 11 is 1.77. The minimum Gasteiger partial charge on any atom is -0.496 e. The molecule has 1 aliphatic rings. The lowest BCUT2D eigenvalue weighted by Gasteiger charge is -2.16. The van der Waals surface area contributed by atoms with Crippen molar-refractivity contribution in [2.24, 2.45) is 0 Å². The van der Waals surface area contributed by atoms with Crippen molar-refractivity contribution in [1.82, 2.24) is 5.32 Å². The van der Waals surface area contributed by atoms with Crippen molar-refractivity contribution < 1.29 is 4.74 Å². The van der Waals surface area contributed by atoms with Gasteiger partial charge in [-0.25, -0.2) is 0 Å². The topological polar surface area (TPSA) is 21.3 Å². The molecule has 1 N–H and O–H groups in total. The van der Waals surface area contributed by atoms with Crippen molar-refractivity contribution in [3.05, 3.63) is 40.8 Å². The van der Waals surface area contributed by atoms with Crippen LogP contribution in [0.3, 0.4) is 0 Å². The lowest BCUT2D eigenvalue weighted by molar-refractivity contribution is 0.416.